The van der Waals surface area contributed by atoms with E-state index in [4.69, 9.17) is 17.3 Å². The first-order chi connectivity index (χ1) is 6.56. The molecule has 1 aromatic rings. The Morgan fingerprint density at radius 2 is 2.21 bits per heavy atom. The minimum Gasteiger partial charge on any atom is -0.507 e. The second-order valence-corrected chi connectivity index (χ2v) is 3.15. The van der Waals surface area contributed by atoms with Crippen LogP contribution < -0.4 is 5.73 Å². The molecular formula is C9H9ClFNO2. The van der Waals surface area contributed by atoms with Crippen molar-refractivity contribution in [2.45, 2.75) is 6.42 Å². The van der Waals surface area contributed by atoms with Crippen molar-refractivity contribution in [1.82, 2.24) is 0 Å². The number of carbonyl (C=O) groups excluding carboxylic acids is 1. The fraction of sp³-hybridized carbons (Fsp3) is 0.222. The van der Waals surface area contributed by atoms with Crippen LogP contribution in [0.4, 0.5) is 4.39 Å². The Kier molecular flexibility index (Phi) is 3.43. The lowest BCUT2D eigenvalue weighted by Gasteiger charge is -2.03. The molecule has 1 aromatic carbocycles. The maximum Gasteiger partial charge on any atom is 0.167 e. The molecule has 0 aliphatic rings. The van der Waals surface area contributed by atoms with Crippen LogP contribution in [0.5, 0.6) is 5.75 Å². The number of aromatic hydroxyl groups is 1. The van der Waals surface area contributed by atoms with Gasteiger partial charge >= 0.3 is 0 Å². The number of ketones is 1. The highest BCUT2D eigenvalue weighted by molar-refractivity contribution is 6.31. The molecule has 0 aliphatic heterocycles. The summed E-state index contributed by atoms with van der Waals surface area (Å²) in [5.41, 5.74) is 5.18. The molecule has 0 aliphatic carbocycles. The zero-order chi connectivity index (χ0) is 10.7. The number of halogens is 2. The van der Waals surface area contributed by atoms with Gasteiger partial charge in [-0.25, -0.2) is 4.39 Å². The molecule has 0 amide bonds. The average molecular weight is 218 g/mol. The van der Waals surface area contributed by atoms with E-state index < -0.39 is 11.6 Å². The predicted molar refractivity (Wildman–Crippen MR) is 51.1 cm³/mol. The van der Waals surface area contributed by atoms with Gasteiger partial charge in [0.25, 0.3) is 0 Å². The van der Waals surface area contributed by atoms with Crippen molar-refractivity contribution in [1.29, 1.82) is 0 Å². The zero-order valence-electron chi connectivity index (χ0n) is 7.26. The number of Topliss-reactive ketones (excluding diaryl/α,β-unsaturated/α-hetero) is 1. The largest absolute Gasteiger partial charge is 0.507 e. The highest BCUT2D eigenvalue weighted by atomic mass is 35.5. The van der Waals surface area contributed by atoms with Gasteiger partial charge in [0, 0.05) is 12.5 Å². The van der Waals surface area contributed by atoms with Crippen LogP contribution in [0.3, 0.4) is 0 Å². The summed E-state index contributed by atoms with van der Waals surface area (Å²) in [6.07, 6.45) is 0.0928. The zero-order valence-corrected chi connectivity index (χ0v) is 8.01. The molecule has 0 saturated heterocycles. The first kappa shape index (κ1) is 10.9. The molecule has 0 fully saturated rings. The van der Waals surface area contributed by atoms with Crippen molar-refractivity contribution in [2.24, 2.45) is 5.73 Å². The maximum absolute atomic E-state index is 12.8. The average Bonchev–Trinajstić information content (AvgIpc) is 2.11. The van der Waals surface area contributed by atoms with Crippen LogP contribution in [-0.2, 0) is 0 Å². The van der Waals surface area contributed by atoms with Crippen molar-refractivity contribution < 1.29 is 14.3 Å². The molecular weight excluding hydrogens is 209 g/mol. The van der Waals surface area contributed by atoms with Crippen LogP contribution in [0.2, 0.25) is 5.02 Å². The summed E-state index contributed by atoms with van der Waals surface area (Å²) in [5, 5.41) is 9.06. The van der Waals surface area contributed by atoms with Gasteiger partial charge in [-0.05, 0) is 12.6 Å². The Morgan fingerprint density at radius 1 is 1.57 bits per heavy atom. The third kappa shape index (κ3) is 2.21. The van der Waals surface area contributed by atoms with Gasteiger partial charge in [-0.15, -0.1) is 0 Å². The number of hydrogen-bond donors (Lipinski definition) is 2. The van der Waals surface area contributed by atoms with Crippen molar-refractivity contribution >= 4 is 17.4 Å². The van der Waals surface area contributed by atoms with E-state index in [2.05, 4.69) is 0 Å². The predicted octanol–water partition coefficient (Wildman–Crippen LogP) is 1.72. The van der Waals surface area contributed by atoms with Gasteiger partial charge in [0.1, 0.15) is 11.6 Å². The summed E-state index contributed by atoms with van der Waals surface area (Å²) < 4.78 is 12.8. The molecule has 0 unspecified atom stereocenters. The number of nitrogens with two attached hydrogens (primary N) is 1. The summed E-state index contributed by atoms with van der Waals surface area (Å²) in [6, 6.07) is 1.91. The van der Waals surface area contributed by atoms with Crippen LogP contribution in [0.25, 0.3) is 0 Å². The maximum atomic E-state index is 12.8. The monoisotopic (exact) mass is 217 g/mol. The minimum absolute atomic E-state index is 0.00171. The number of phenols is 1. The second-order valence-electron chi connectivity index (χ2n) is 2.75. The van der Waals surface area contributed by atoms with Crippen molar-refractivity contribution in [2.75, 3.05) is 6.54 Å². The second kappa shape index (κ2) is 4.39. The van der Waals surface area contributed by atoms with E-state index in [0.29, 0.717) is 0 Å². The highest BCUT2D eigenvalue weighted by Gasteiger charge is 2.13. The first-order valence-electron chi connectivity index (χ1n) is 3.97. The summed E-state index contributed by atoms with van der Waals surface area (Å²) in [7, 11) is 0. The summed E-state index contributed by atoms with van der Waals surface area (Å²) in [4.78, 5) is 11.3. The van der Waals surface area contributed by atoms with Gasteiger partial charge in [-0.2, -0.15) is 0 Å². The van der Waals surface area contributed by atoms with Crippen LogP contribution >= 0.6 is 11.6 Å². The van der Waals surface area contributed by atoms with E-state index >= 15 is 0 Å². The number of phenolic OH excluding ortho intramolecular Hbond substituents is 1. The molecule has 0 heterocycles. The molecule has 3 N–H and O–H groups in total. The summed E-state index contributed by atoms with van der Waals surface area (Å²) >= 11 is 5.46. The molecule has 76 valence electrons. The standard InChI is InChI=1S/C9H9ClFNO2/c10-6-3-5(8(13)1-2-12)9(14)4-7(6)11/h3-4,14H,1-2,12H2. The molecule has 14 heavy (non-hydrogen) atoms. The van der Waals surface area contributed by atoms with Gasteiger partial charge in [0.15, 0.2) is 5.78 Å². The molecule has 0 saturated carbocycles. The minimum atomic E-state index is -0.756. The Hall–Kier alpha value is -1.13. The summed E-state index contributed by atoms with van der Waals surface area (Å²) in [6.45, 7) is 0.174. The van der Waals surface area contributed by atoms with Crippen molar-refractivity contribution in [3.63, 3.8) is 0 Å². The van der Waals surface area contributed by atoms with Gasteiger partial charge in [-0.1, -0.05) is 11.6 Å². The fourth-order valence-electron chi connectivity index (χ4n) is 1.03. The molecule has 0 spiro atoms. The van der Waals surface area contributed by atoms with Crippen molar-refractivity contribution in [3.05, 3.63) is 28.5 Å². The third-order valence-corrected chi connectivity index (χ3v) is 2.00. The Balaban J connectivity index is 3.09. The van der Waals surface area contributed by atoms with Crippen LogP contribution in [0, 0.1) is 5.82 Å². The van der Waals surface area contributed by atoms with Gasteiger partial charge < -0.3 is 10.8 Å². The Morgan fingerprint density at radius 3 is 2.79 bits per heavy atom. The number of benzene rings is 1. The van der Waals surface area contributed by atoms with Crippen LogP contribution in [0.1, 0.15) is 16.8 Å². The smallest absolute Gasteiger partial charge is 0.167 e. The molecule has 0 bridgehead atoms. The van der Waals surface area contributed by atoms with Gasteiger partial charge in [0.05, 0.1) is 10.6 Å². The first-order valence-corrected chi connectivity index (χ1v) is 4.35. The van der Waals surface area contributed by atoms with E-state index in [-0.39, 0.29) is 29.3 Å². The Bertz CT molecular complexity index is 368. The lowest BCUT2D eigenvalue weighted by Crippen LogP contribution is -2.08. The third-order valence-electron chi connectivity index (χ3n) is 1.71. The SMILES string of the molecule is NCCC(=O)c1cc(Cl)c(F)cc1O. The molecule has 3 nitrogen and oxygen atoms in total. The lowest BCUT2D eigenvalue weighted by atomic mass is 10.1. The topological polar surface area (TPSA) is 63.3 Å². The highest BCUT2D eigenvalue weighted by Crippen LogP contribution is 2.25. The molecule has 1 rings (SSSR count). The van der Waals surface area contributed by atoms with E-state index in [1.54, 1.807) is 0 Å². The number of carbonyl (C=O) groups is 1. The number of rotatable bonds is 3. The molecule has 5 heteroatoms. The summed E-state index contributed by atoms with van der Waals surface area (Å²) in [5.74, 6) is -1.52. The van der Waals surface area contributed by atoms with E-state index in [1.807, 2.05) is 0 Å². The molecule has 0 aromatic heterocycles. The Labute approximate surface area is 85.3 Å². The lowest BCUT2D eigenvalue weighted by molar-refractivity contribution is 0.0983. The molecule has 0 radical (unpaired) electrons. The normalized spacial score (nSPS) is 10.2. The quantitative estimate of drug-likeness (QED) is 0.758. The van der Waals surface area contributed by atoms with Crippen LogP contribution in [-0.4, -0.2) is 17.4 Å². The molecule has 0 atom stereocenters. The van der Waals surface area contributed by atoms with E-state index in [0.717, 1.165) is 12.1 Å². The van der Waals surface area contributed by atoms with Crippen molar-refractivity contribution in [3.8, 4) is 5.75 Å². The fourth-order valence-corrected chi connectivity index (χ4v) is 1.19. The number of hydrogen-bond acceptors (Lipinski definition) is 3. The van der Waals surface area contributed by atoms with E-state index in [1.165, 1.54) is 0 Å². The van der Waals surface area contributed by atoms with E-state index in [9.17, 15) is 14.3 Å². The van der Waals surface area contributed by atoms with Crippen LogP contribution in [0.15, 0.2) is 12.1 Å². The van der Waals surface area contributed by atoms with Gasteiger partial charge in [-0.3, -0.25) is 4.79 Å². The van der Waals surface area contributed by atoms with Gasteiger partial charge in [0.2, 0.25) is 0 Å².